The van der Waals surface area contributed by atoms with E-state index in [1.807, 2.05) is 7.05 Å². The summed E-state index contributed by atoms with van der Waals surface area (Å²) >= 11 is 0. The third kappa shape index (κ3) is 3.59. The molecule has 1 atom stereocenters. The lowest BCUT2D eigenvalue weighted by Crippen LogP contribution is -2.40. The summed E-state index contributed by atoms with van der Waals surface area (Å²) in [6, 6.07) is 0.531. The molecule has 0 bridgehead atoms. The molecule has 0 aliphatic heterocycles. The molecule has 0 spiro atoms. The molecule has 1 aliphatic rings. The number of hydrogen-bond acceptors (Lipinski definition) is 2. The molecule has 1 fully saturated rings. The standard InChI is InChI=1S/C11H23N3S/c1-3-9-15(13)11(12)14(2)10-7-5-4-6-8-10/h10,12-13H,3-9H2,1-2H3. The molecular formula is C11H23N3S. The summed E-state index contributed by atoms with van der Waals surface area (Å²) in [5.41, 5.74) is 0. The van der Waals surface area contributed by atoms with Gasteiger partial charge < -0.3 is 4.90 Å². The number of nitrogens with one attached hydrogen (secondary N) is 2. The molecule has 3 nitrogen and oxygen atoms in total. The maximum absolute atomic E-state index is 7.99. The highest BCUT2D eigenvalue weighted by Gasteiger charge is 2.21. The van der Waals surface area contributed by atoms with Crippen molar-refractivity contribution in [2.45, 2.75) is 51.5 Å². The highest BCUT2D eigenvalue weighted by molar-refractivity contribution is 8.01. The van der Waals surface area contributed by atoms with Gasteiger partial charge in [0.1, 0.15) is 0 Å². The molecule has 1 aliphatic carbocycles. The van der Waals surface area contributed by atoms with Gasteiger partial charge in [0, 0.05) is 18.8 Å². The minimum Gasteiger partial charge on any atom is -0.351 e. The van der Waals surface area contributed by atoms with Crippen LogP contribution < -0.4 is 0 Å². The van der Waals surface area contributed by atoms with Gasteiger partial charge in [-0.15, -0.1) is 0 Å². The maximum atomic E-state index is 7.99. The Morgan fingerprint density at radius 3 is 2.47 bits per heavy atom. The summed E-state index contributed by atoms with van der Waals surface area (Å²) < 4.78 is 7.89. The molecule has 88 valence electrons. The van der Waals surface area contributed by atoms with Crippen LogP contribution in [0.2, 0.25) is 0 Å². The summed E-state index contributed by atoms with van der Waals surface area (Å²) in [7, 11) is 1.42. The quantitative estimate of drug-likeness (QED) is 0.567. The van der Waals surface area contributed by atoms with Crippen LogP contribution in [-0.2, 0) is 10.7 Å². The lowest BCUT2D eigenvalue weighted by atomic mass is 9.95. The van der Waals surface area contributed by atoms with Crippen LogP contribution in [0.1, 0.15) is 45.4 Å². The Hall–Kier alpha value is -0.380. The third-order valence-electron chi connectivity index (χ3n) is 3.08. The highest BCUT2D eigenvalue weighted by atomic mass is 32.2. The average Bonchev–Trinajstić information content (AvgIpc) is 2.28. The zero-order chi connectivity index (χ0) is 11.3. The summed E-state index contributed by atoms with van der Waals surface area (Å²) in [4.78, 5) is 2.06. The smallest absolute Gasteiger partial charge is 0.166 e. The topological polar surface area (TPSA) is 50.9 Å². The SMILES string of the molecule is CCCS(=N)C(=N)N(C)C1CCCCC1. The number of amidine groups is 1. The van der Waals surface area contributed by atoms with Crippen molar-refractivity contribution in [3.05, 3.63) is 0 Å². The molecule has 2 N–H and O–H groups in total. The Morgan fingerprint density at radius 2 is 1.93 bits per heavy atom. The first-order valence-electron chi connectivity index (χ1n) is 5.90. The highest BCUT2D eigenvalue weighted by Crippen LogP contribution is 2.22. The predicted octanol–water partition coefficient (Wildman–Crippen LogP) is 2.98. The second-order valence-corrected chi connectivity index (χ2v) is 5.88. The van der Waals surface area contributed by atoms with Gasteiger partial charge in [0.15, 0.2) is 5.17 Å². The first kappa shape index (κ1) is 12.7. The Balaban J connectivity index is 2.47. The molecule has 0 heterocycles. The monoisotopic (exact) mass is 229 g/mol. The van der Waals surface area contributed by atoms with E-state index in [9.17, 15) is 0 Å². The van der Waals surface area contributed by atoms with Crippen molar-refractivity contribution < 1.29 is 0 Å². The van der Waals surface area contributed by atoms with E-state index in [-0.39, 0.29) is 0 Å². The number of hydrogen-bond donors (Lipinski definition) is 2. The molecule has 1 unspecified atom stereocenters. The van der Waals surface area contributed by atoms with E-state index >= 15 is 0 Å². The van der Waals surface area contributed by atoms with Crippen LogP contribution in [0.15, 0.2) is 0 Å². The van der Waals surface area contributed by atoms with Gasteiger partial charge in [0.2, 0.25) is 0 Å². The van der Waals surface area contributed by atoms with Crippen LogP contribution in [0.3, 0.4) is 0 Å². The Morgan fingerprint density at radius 1 is 1.33 bits per heavy atom. The van der Waals surface area contributed by atoms with Crippen molar-refractivity contribution in [2.24, 2.45) is 0 Å². The second kappa shape index (κ2) is 6.26. The lowest BCUT2D eigenvalue weighted by Gasteiger charge is -2.33. The number of nitrogens with zero attached hydrogens (tertiary/aromatic N) is 1. The second-order valence-electron chi connectivity index (χ2n) is 4.30. The van der Waals surface area contributed by atoms with E-state index in [1.165, 1.54) is 32.1 Å². The van der Waals surface area contributed by atoms with E-state index in [2.05, 4.69) is 11.8 Å². The van der Waals surface area contributed by atoms with Gasteiger partial charge in [-0.25, -0.2) is 0 Å². The molecule has 1 rings (SSSR count). The van der Waals surface area contributed by atoms with Crippen molar-refractivity contribution in [1.29, 1.82) is 10.2 Å². The Kier molecular flexibility index (Phi) is 5.29. The minimum atomic E-state index is -0.587. The molecule has 0 aromatic heterocycles. The zero-order valence-electron chi connectivity index (χ0n) is 9.88. The average molecular weight is 229 g/mol. The van der Waals surface area contributed by atoms with E-state index < -0.39 is 10.7 Å². The first-order valence-corrected chi connectivity index (χ1v) is 7.29. The van der Waals surface area contributed by atoms with E-state index in [1.54, 1.807) is 0 Å². The summed E-state index contributed by atoms with van der Waals surface area (Å²) in [6.45, 7) is 2.09. The molecular weight excluding hydrogens is 206 g/mol. The van der Waals surface area contributed by atoms with Crippen molar-refractivity contribution >= 4 is 15.9 Å². The first-order chi connectivity index (χ1) is 7.16. The molecule has 0 amide bonds. The molecule has 4 heteroatoms. The van der Waals surface area contributed by atoms with Gasteiger partial charge in [0.25, 0.3) is 0 Å². The van der Waals surface area contributed by atoms with Crippen molar-refractivity contribution in [2.75, 3.05) is 12.8 Å². The molecule has 1 saturated carbocycles. The summed E-state index contributed by atoms with van der Waals surface area (Å²) in [5.74, 6) is 0.843. The predicted molar refractivity (Wildman–Crippen MR) is 67.6 cm³/mol. The molecule has 15 heavy (non-hydrogen) atoms. The van der Waals surface area contributed by atoms with E-state index in [4.69, 9.17) is 10.2 Å². The summed E-state index contributed by atoms with van der Waals surface area (Å²) in [6.07, 6.45) is 7.36. The van der Waals surface area contributed by atoms with Gasteiger partial charge in [-0.2, -0.15) is 0 Å². The van der Waals surface area contributed by atoms with Gasteiger partial charge in [-0.3, -0.25) is 10.2 Å². The fourth-order valence-electron chi connectivity index (χ4n) is 2.11. The van der Waals surface area contributed by atoms with Gasteiger partial charge >= 0.3 is 0 Å². The van der Waals surface area contributed by atoms with Crippen LogP contribution in [0.5, 0.6) is 0 Å². The van der Waals surface area contributed by atoms with E-state index in [0.29, 0.717) is 11.2 Å². The van der Waals surface area contributed by atoms with Crippen LogP contribution in [-0.4, -0.2) is 28.9 Å². The molecule has 0 saturated heterocycles. The van der Waals surface area contributed by atoms with Crippen LogP contribution in [0.25, 0.3) is 0 Å². The van der Waals surface area contributed by atoms with Crippen molar-refractivity contribution in [3.8, 4) is 0 Å². The largest absolute Gasteiger partial charge is 0.351 e. The van der Waals surface area contributed by atoms with Crippen LogP contribution >= 0.6 is 0 Å². The van der Waals surface area contributed by atoms with E-state index in [0.717, 1.165) is 12.2 Å². The number of rotatable bonds is 3. The zero-order valence-corrected chi connectivity index (χ0v) is 10.7. The van der Waals surface area contributed by atoms with Gasteiger partial charge in [-0.1, -0.05) is 26.2 Å². The van der Waals surface area contributed by atoms with Crippen LogP contribution in [0.4, 0.5) is 0 Å². The molecule has 0 radical (unpaired) electrons. The normalized spacial score (nSPS) is 19.9. The van der Waals surface area contributed by atoms with Crippen molar-refractivity contribution in [1.82, 2.24) is 4.90 Å². The van der Waals surface area contributed by atoms with Crippen molar-refractivity contribution in [3.63, 3.8) is 0 Å². The molecule has 0 aromatic rings. The lowest BCUT2D eigenvalue weighted by molar-refractivity contribution is 0.281. The maximum Gasteiger partial charge on any atom is 0.166 e. The van der Waals surface area contributed by atoms with Gasteiger partial charge in [0.05, 0.1) is 0 Å². The third-order valence-corrected chi connectivity index (χ3v) is 4.66. The summed E-state index contributed by atoms with van der Waals surface area (Å²) in [5, 5.41) is 8.54. The van der Waals surface area contributed by atoms with Gasteiger partial charge in [-0.05, 0) is 30.0 Å². The Labute approximate surface area is 95.6 Å². The Bertz CT molecular complexity index is 234. The van der Waals surface area contributed by atoms with Crippen LogP contribution in [0, 0.1) is 10.2 Å². The molecule has 0 aromatic carbocycles. The minimum absolute atomic E-state index is 0.531. The fraction of sp³-hybridized carbons (Fsp3) is 0.909. The fourth-order valence-corrected chi connectivity index (χ4v) is 3.21.